The van der Waals surface area contributed by atoms with Crippen LogP contribution in [0.25, 0.3) is 10.1 Å². The summed E-state index contributed by atoms with van der Waals surface area (Å²) in [6, 6.07) is 10.4. The van der Waals surface area contributed by atoms with Gasteiger partial charge in [-0.1, -0.05) is 31.5 Å². The van der Waals surface area contributed by atoms with E-state index in [0.29, 0.717) is 13.0 Å². The van der Waals surface area contributed by atoms with E-state index in [9.17, 15) is 4.79 Å². The van der Waals surface area contributed by atoms with Gasteiger partial charge in [0.2, 0.25) is 0 Å². The Kier molecular flexibility index (Phi) is 3.54. The number of carbonyl (C=O) groups is 1. The number of fused-ring (bicyclic) bond motifs is 1. The van der Waals surface area contributed by atoms with E-state index in [2.05, 4.69) is 25.1 Å². The molecule has 21 heavy (non-hydrogen) atoms. The molecule has 0 saturated carbocycles. The van der Waals surface area contributed by atoms with Crippen LogP contribution < -0.4 is 0 Å². The monoisotopic (exact) mass is 304 g/mol. The first-order valence-corrected chi connectivity index (χ1v) is 8.25. The molecule has 1 saturated heterocycles. The Labute approximate surface area is 128 Å². The quantitative estimate of drug-likeness (QED) is 0.612. The number of rotatable bonds is 5. The van der Waals surface area contributed by atoms with Gasteiger partial charge >= 0.3 is 5.97 Å². The molecule has 1 aromatic carbocycles. The molecule has 3 rings (SSSR count). The van der Waals surface area contributed by atoms with Gasteiger partial charge in [0, 0.05) is 9.58 Å². The highest BCUT2D eigenvalue weighted by atomic mass is 32.1. The van der Waals surface area contributed by atoms with Gasteiger partial charge in [0.05, 0.1) is 6.61 Å². The van der Waals surface area contributed by atoms with Crippen molar-refractivity contribution in [2.24, 2.45) is 0 Å². The Bertz CT molecular complexity index is 644. The topological polar surface area (TPSA) is 38.8 Å². The molecule has 0 aliphatic carbocycles. The van der Waals surface area contributed by atoms with Crippen molar-refractivity contribution < 1.29 is 14.3 Å². The first-order chi connectivity index (χ1) is 10.1. The van der Waals surface area contributed by atoms with Crippen molar-refractivity contribution in [2.75, 3.05) is 6.61 Å². The zero-order valence-electron chi connectivity index (χ0n) is 12.6. The summed E-state index contributed by atoms with van der Waals surface area (Å²) in [7, 11) is 0. The number of esters is 1. The molecule has 2 aromatic rings. The number of epoxide rings is 1. The highest BCUT2D eigenvalue weighted by Gasteiger charge is 2.73. The molecule has 0 amide bonds. The zero-order chi connectivity index (χ0) is 15.1. The average Bonchev–Trinajstić information content (AvgIpc) is 2.89. The van der Waals surface area contributed by atoms with Crippen molar-refractivity contribution in [2.45, 2.75) is 44.8 Å². The standard InChI is InChI=1S/C17H20O3S/c1-4-10-17(15(18)19-5-2)16(3,20-17)14-11-12-8-6-7-9-13(12)21-14/h6-9,11H,4-5,10H2,1-3H3. The minimum atomic E-state index is -0.807. The van der Waals surface area contributed by atoms with E-state index in [1.807, 2.05) is 26.0 Å². The fraction of sp³-hybridized carbons (Fsp3) is 0.471. The van der Waals surface area contributed by atoms with Gasteiger partial charge in [-0.3, -0.25) is 0 Å². The number of hydrogen-bond donors (Lipinski definition) is 0. The van der Waals surface area contributed by atoms with E-state index in [1.165, 1.54) is 10.1 Å². The molecule has 2 unspecified atom stereocenters. The van der Waals surface area contributed by atoms with Crippen LogP contribution in [-0.4, -0.2) is 18.2 Å². The summed E-state index contributed by atoms with van der Waals surface area (Å²) in [5.74, 6) is -0.230. The van der Waals surface area contributed by atoms with Gasteiger partial charge in [-0.2, -0.15) is 0 Å². The smallest absolute Gasteiger partial charge is 0.341 e. The summed E-state index contributed by atoms with van der Waals surface area (Å²) >= 11 is 1.70. The SMILES string of the molecule is CCCC1(C(=O)OCC)OC1(C)c1cc2ccccc2s1. The number of hydrogen-bond acceptors (Lipinski definition) is 4. The first-order valence-electron chi connectivity index (χ1n) is 7.44. The molecule has 0 N–H and O–H groups in total. The number of thiophene rings is 1. The molecule has 4 heteroatoms. The summed E-state index contributed by atoms with van der Waals surface area (Å²) in [6.45, 7) is 6.28. The third kappa shape index (κ3) is 2.09. The Morgan fingerprint density at radius 2 is 2.10 bits per heavy atom. The zero-order valence-corrected chi connectivity index (χ0v) is 13.5. The summed E-state index contributed by atoms with van der Waals surface area (Å²) in [4.78, 5) is 13.5. The molecule has 2 atom stereocenters. The summed E-state index contributed by atoms with van der Waals surface area (Å²) < 4.78 is 12.5. The lowest BCUT2D eigenvalue weighted by molar-refractivity contribution is -0.149. The van der Waals surface area contributed by atoms with Crippen LogP contribution in [0.3, 0.4) is 0 Å². The predicted molar refractivity (Wildman–Crippen MR) is 84.5 cm³/mol. The van der Waals surface area contributed by atoms with Gasteiger partial charge in [-0.05, 0) is 37.8 Å². The minimum Gasteiger partial charge on any atom is -0.464 e. The highest BCUT2D eigenvalue weighted by molar-refractivity contribution is 7.19. The molecular formula is C17H20O3S. The number of ether oxygens (including phenoxy) is 2. The van der Waals surface area contributed by atoms with Crippen molar-refractivity contribution in [1.29, 1.82) is 0 Å². The number of carbonyl (C=O) groups excluding carboxylic acids is 1. The third-order valence-electron chi connectivity index (χ3n) is 4.21. The molecule has 1 aliphatic heterocycles. The first kappa shape index (κ1) is 14.5. The van der Waals surface area contributed by atoms with Crippen molar-refractivity contribution in [3.8, 4) is 0 Å². The van der Waals surface area contributed by atoms with Crippen LogP contribution >= 0.6 is 11.3 Å². The molecule has 3 nitrogen and oxygen atoms in total. The van der Waals surface area contributed by atoms with E-state index in [1.54, 1.807) is 11.3 Å². The van der Waals surface area contributed by atoms with Crippen LogP contribution in [0.2, 0.25) is 0 Å². The maximum absolute atomic E-state index is 12.4. The lowest BCUT2D eigenvalue weighted by atomic mass is 9.88. The molecule has 1 fully saturated rings. The fourth-order valence-corrected chi connectivity index (χ4v) is 4.23. The molecule has 0 spiro atoms. The average molecular weight is 304 g/mol. The highest BCUT2D eigenvalue weighted by Crippen LogP contribution is 2.60. The summed E-state index contributed by atoms with van der Waals surface area (Å²) in [5.41, 5.74) is -1.36. The maximum atomic E-state index is 12.4. The van der Waals surface area contributed by atoms with Crippen LogP contribution in [0.5, 0.6) is 0 Å². The Balaban J connectivity index is 1.98. The lowest BCUT2D eigenvalue weighted by Crippen LogP contribution is -2.33. The van der Waals surface area contributed by atoms with Crippen molar-refractivity contribution in [3.05, 3.63) is 35.2 Å². The second kappa shape index (κ2) is 5.11. The van der Waals surface area contributed by atoms with Crippen molar-refractivity contribution in [1.82, 2.24) is 0 Å². The van der Waals surface area contributed by atoms with E-state index >= 15 is 0 Å². The molecule has 112 valence electrons. The number of benzene rings is 1. The van der Waals surface area contributed by atoms with Gasteiger partial charge in [0.15, 0.2) is 5.60 Å². The molecule has 0 bridgehead atoms. The largest absolute Gasteiger partial charge is 0.464 e. The van der Waals surface area contributed by atoms with Gasteiger partial charge in [-0.25, -0.2) is 4.79 Å². The van der Waals surface area contributed by atoms with Crippen LogP contribution in [0.1, 0.15) is 38.5 Å². The van der Waals surface area contributed by atoms with E-state index < -0.39 is 11.2 Å². The van der Waals surface area contributed by atoms with E-state index in [0.717, 1.165) is 11.3 Å². The Morgan fingerprint density at radius 3 is 2.76 bits per heavy atom. The normalized spacial score (nSPS) is 27.8. The van der Waals surface area contributed by atoms with Gasteiger partial charge in [0.25, 0.3) is 0 Å². The minimum absolute atomic E-state index is 0.230. The van der Waals surface area contributed by atoms with Crippen molar-refractivity contribution in [3.63, 3.8) is 0 Å². The fourth-order valence-electron chi connectivity index (χ4n) is 3.02. The van der Waals surface area contributed by atoms with Crippen LogP contribution in [0.15, 0.2) is 30.3 Å². The van der Waals surface area contributed by atoms with Crippen LogP contribution in [0, 0.1) is 0 Å². The van der Waals surface area contributed by atoms with Crippen LogP contribution in [-0.2, 0) is 19.9 Å². The van der Waals surface area contributed by atoms with Gasteiger partial charge in [-0.15, -0.1) is 11.3 Å². The van der Waals surface area contributed by atoms with Crippen molar-refractivity contribution >= 4 is 27.4 Å². The molecule has 0 radical (unpaired) electrons. The van der Waals surface area contributed by atoms with E-state index in [4.69, 9.17) is 9.47 Å². The molecular weight excluding hydrogens is 284 g/mol. The molecule has 1 aromatic heterocycles. The molecule has 2 heterocycles. The lowest BCUT2D eigenvalue weighted by Gasteiger charge is -2.14. The van der Waals surface area contributed by atoms with Crippen LogP contribution in [0.4, 0.5) is 0 Å². The maximum Gasteiger partial charge on any atom is 0.341 e. The second-order valence-electron chi connectivity index (χ2n) is 5.58. The Morgan fingerprint density at radius 1 is 1.33 bits per heavy atom. The summed E-state index contributed by atoms with van der Waals surface area (Å²) in [6.07, 6.45) is 1.58. The van der Waals surface area contributed by atoms with Gasteiger partial charge < -0.3 is 9.47 Å². The van der Waals surface area contributed by atoms with E-state index in [-0.39, 0.29) is 5.97 Å². The molecule has 1 aliphatic rings. The predicted octanol–water partition coefficient (Wildman–Crippen LogP) is 4.25. The third-order valence-corrected chi connectivity index (χ3v) is 5.53. The summed E-state index contributed by atoms with van der Waals surface area (Å²) in [5, 5.41) is 1.20. The second-order valence-corrected chi connectivity index (χ2v) is 6.67. The Hall–Kier alpha value is -1.39. The van der Waals surface area contributed by atoms with Gasteiger partial charge in [0.1, 0.15) is 5.60 Å².